The van der Waals surface area contributed by atoms with Crippen LogP contribution in [0, 0.1) is 12.7 Å². The number of fused-ring (bicyclic) bond motifs is 1. The molecule has 1 aliphatic rings. The lowest BCUT2D eigenvalue weighted by atomic mass is 10.1. The van der Waals surface area contributed by atoms with Crippen LogP contribution in [-0.4, -0.2) is 45.4 Å². The van der Waals surface area contributed by atoms with E-state index in [0.29, 0.717) is 43.9 Å². The zero-order chi connectivity index (χ0) is 32.6. The van der Waals surface area contributed by atoms with Crippen LogP contribution in [0.2, 0.25) is 0 Å². The number of hydrogen-bond acceptors (Lipinski definition) is 7. The first kappa shape index (κ1) is 31.2. The maximum Gasteiger partial charge on any atom is 0.416 e. The average Bonchev–Trinajstić information content (AvgIpc) is 3.53. The van der Waals surface area contributed by atoms with Crippen LogP contribution in [0.25, 0.3) is 11.0 Å². The third-order valence-corrected chi connectivity index (χ3v) is 8.55. The van der Waals surface area contributed by atoms with Crippen LogP contribution in [0.4, 0.5) is 23.2 Å². The van der Waals surface area contributed by atoms with Gasteiger partial charge in [-0.3, -0.25) is 18.8 Å². The summed E-state index contributed by atoms with van der Waals surface area (Å²) >= 11 is 0. The second kappa shape index (κ2) is 12.6. The van der Waals surface area contributed by atoms with Gasteiger partial charge >= 0.3 is 11.9 Å². The van der Waals surface area contributed by atoms with E-state index in [1.807, 2.05) is 23.1 Å². The molecule has 2 N–H and O–H groups in total. The quantitative estimate of drug-likeness (QED) is 0.247. The van der Waals surface area contributed by atoms with Gasteiger partial charge in [-0.15, -0.1) is 0 Å². The first-order chi connectivity index (χ1) is 22.0. The number of aromatic nitrogens is 3. The molecule has 0 amide bonds. The highest BCUT2D eigenvalue weighted by atomic mass is 19.4. The van der Waals surface area contributed by atoms with E-state index in [-0.39, 0.29) is 17.9 Å². The number of para-hydroxylation sites is 1. The van der Waals surface area contributed by atoms with E-state index in [1.165, 1.54) is 6.92 Å². The van der Waals surface area contributed by atoms with Crippen LogP contribution < -0.4 is 21.9 Å². The molecule has 0 spiro atoms. The topological polar surface area (TPSA) is 103 Å². The van der Waals surface area contributed by atoms with Gasteiger partial charge in [-0.2, -0.15) is 13.2 Å². The van der Waals surface area contributed by atoms with Crippen LogP contribution in [-0.2, 0) is 25.8 Å². The zero-order valence-corrected chi connectivity index (χ0v) is 25.0. The number of alkyl halides is 3. The number of hydrogen-bond donors (Lipinski definition) is 1. The van der Waals surface area contributed by atoms with Gasteiger partial charge in [0.05, 0.1) is 24.8 Å². The zero-order valence-electron chi connectivity index (χ0n) is 25.0. The summed E-state index contributed by atoms with van der Waals surface area (Å²) in [5.41, 5.74) is 5.74. The molecular formula is C33H32F4N6O3. The van der Waals surface area contributed by atoms with Gasteiger partial charge in [-0.05, 0) is 30.7 Å². The molecule has 0 unspecified atom stereocenters. The van der Waals surface area contributed by atoms with Crippen molar-refractivity contribution in [1.29, 1.82) is 0 Å². The van der Waals surface area contributed by atoms with Crippen LogP contribution in [0.5, 0.6) is 0 Å². The predicted molar refractivity (Wildman–Crippen MR) is 165 cm³/mol. The molecule has 1 aliphatic heterocycles. The Morgan fingerprint density at radius 1 is 0.913 bits per heavy atom. The van der Waals surface area contributed by atoms with Crippen LogP contribution in [0.15, 0.2) is 87.0 Å². The summed E-state index contributed by atoms with van der Waals surface area (Å²) in [6.45, 7) is 3.06. The predicted octanol–water partition coefficient (Wildman–Crippen LogP) is 4.69. The third-order valence-electron chi connectivity index (χ3n) is 8.55. The third kappa shape index (κ3) is 6.07. The fourth-order valence-electron chi connectivity index (χ4n) is 6.09. The van der Waals surface area contributed by atoms with Gasteiger partial charge in [-0.25, -0.2) is 9.18 Å². The normalized spacial score (nSPS) is 15.0. The molecule has 1 saturated heterocycles. The smallest absolute Gasteiger partial charge is 0.363 e. The summed E-state index contributed by atoms with van der Waals surface area (Å²) < 4.78 is 64.1. The summed E-state index contributed by atoms with van der Waals surface area (Å²) in [7, 11) is 0. The van der Waals surface area contributed by atoms with Gasteiger partial charge < -0.3 is 15.2 Å². The maximum absolute atomic E-state index is 15.0. The lowest BCUT2D eigenvalue weighted by Gasteiger charge is -2.37. The highest BCUT2D eigenvalue weighted by Gasteiger charge is 2.35. The van der Waals surface area contributed by atoms with Crippen LogP contribution in [0.1, 0.15) is 34.0 Å². The molecule has 6 rings (SSSR count). The fraction of sp³-hybridized carbons (Fsp3) is 0.303. The number of benzene rings is 3. The van der Waals surface area contributed by atoms with E-state index in [0.717, 1.165) is 38.3 Å². The Balaban J connectivity index is 1.36. The molecule has 0 radical (unpaired) electrons. The first-order valence-corrected chi connectivity index (χ1v) is 14.8. The molecule has 2 aromatic heterocycles. The fourth-order valence-corrected chi connectivity index (χ4v) is 6.09. The standard InChI is InChI=1S/C33H32F4N6O3/c1-21-29(41-15-13-40(14-16-41)18-24-10-5-9-23-17-39-46-30(23)24)31(44)43(20-28(38)22-7-3-2-4-8-22)32(45)42(21)19-25-26(33(35,36)37)11-6-12-27(25)34/h2-12,17,28H,13-16,18-20,38H2,1H3/t28-/m0/s1. The number of nitrogens with zero attached hydrogens (tertiary/aromatic N) is 5. The molecule has 1 atom stereocenters. The molecule has 3 aromatic carbocycles. The number of halogens is 4. The molecule has 46 heavy (non-hydrogen) atoms. The van der Waals surface area contributed by atoms with Gasteiger partial charge in [0.15, 0.2) is 5.58 Å². The van der Waals surface area contributed by atoms with Crippen molar-refractivity contribution in [2.24, 2.45) is 5.73 Å². The summed E-state index contributed by atoms with van der Waals surface area (Å²) in [5.74, 6) is -1.10. The Morgan fingerprint density at radius 2 is 1.63 bits per heavy atom. The molecule has 240 valence electrons. The molecule has 0 bridgehead atoms. The van der Waals surface area contributed by atoms with E-state index in [1.54, 1.807) is 36.5 Å². The van der Waals surface area contributed by atoms with E-state index in [4.69, 9.17) is 10.3 Å². The average molecular weight is 637 g/mol. The van der Waals surface area contributed by atoms with E-state index < -0.39 is 47.0 Å². The summed E-state index contributed by atoms with van der Waals surface area (Å²) in [4.78, 5) is 31.9. The molecule has 3 heterocycles. The second-order valence-electron chi connectivity index (χ2n) is 11.4. The molecular weight excluding hydrogens is 604 g/mol. The summed E-state index contributed by atoms with van der Waals surface area (Å²) in [6, 6.07) is 16.6. The Kier molecular flexibility index (Phi) is 8.53. The van der Waals surface area contributed by atoms with E-state index >= 15 is 0 Å². The SMILES string of the molecule is Cc1c(N2CCN(Cc3cccc4cnoc34)CC2)c(=O)n(C[C@H](N)c2ccccc2)c(=O)n1Cc1c(F)cccc1C(F)(F)F. The van der Waals surface area contributed by atoms with E-state index in [9.17, 15) is 27.2 Å². The highest BCUT2D eigenvalue weighted by molar-refractivity contribution is 5.79. The molecule has 0 saturated carbocycles. The Labute approximate surface area is 261 Å². The summed E-state index contributed by atoms with van der Waals surface area (Å²) in [6.07, 6.45) is -3.20. The molecule has 9 nitrogen and oxygen atoms in total. The number of nitrogens with two attached hydrogens (primary N) is 1. The number of anilines is 1. The number of rotatable bonds is 8. The Morgan fingerprint density at radius 3 is 2.35 bits per heavy atom. The number of piperazine rings is 1. The van der Waals surface area contributed by atoms with Crippen molar-refractivity contribution in [3.05, 3.63) is 128 Å². The van der Waals surface area contributed by atoms with Gasteiger partial charge in [0, 0.05) is 61.0 Å². The Bertz CT molecular complexity index is 1980. The molecule has 13 heteroatoms. The maximum atomic E-state index is 15.0. The minimum atomic E-state index is -4.85. The van der Waals surface area contributed by atoms with Gasteiger partial charge in [0.25, 0.3) is 5.56 Å². The highest BCUT2D eigenvalue weighted by Crippen LogP contribution is 2.34. The van der Waals surface area contributed by atoms with Crippen molar-refractivity contribution in [1.82, 2.24) is 19.2 Å². The minimum absolute atomic E-state index is 0.149. The van der Waals surface area contributed by atoms with Gasteiger partial charge in [0.1, 0.15) is 11.5 Å². The Hall–Kier alpha value is -4.75. The molecule has 0 aliphatic carbocycles. The van der Waals surface area contributed by atoms with Crippen molar-refractivity contribution in [2.75, 3.05) is 31.1 Å². The monoisotopic (exact) mass is 636 g/mol. The lowest BCUT2D eigenvalue weighted by molar-refractivity contribution is -0.138. The molecule has 1 fully saturated rings. The minimum Gasteiger partial charge on any atom is -0.363 e. The van der Waals surface area contributed by atoms with Crippen LogP contribution >= 0.6 is 0 Å². The van der Waals surface area contributed by atoms with Crippen molar-refractivity contribution >= 4 is 16.7 Å². The van der Waals surface area contributed by atoms with E-state index in [2.05, 4.69) is 10.1 Å². The van der Waals surface area contributed by atoms with Gasteiger partial charge in [-0.1, -0.05) is 53.7 Å². The van der Waals surface area contributed by atoms with Crippen LogP contribution in [0.3, 0.4) is 0 Å². The van der Waals surface area contributed by atoms with Gasteiger partial charge in [0.2, 0.25) is 0 Å². The van der Waals surface area contributed by atoms with Crippen molar-refractivity contribution in [3.63, 3.8) is 0 Å². The first-order valence-electron chi connectivity index (χ1n) is 14.8. The second-order valence-corrected chi connectivity index (χ2v) is 11.4. The van der Waals surface area contributed by atoms with Crippen molar-refractivity contribution in [2.45, 2.75) is 38.8 Å². The largest absolute Gasteiger partial charge is 0.416 e. The summed E-state index contributed by atoms with van der Waals surface area (Å²) in [5, 5.41) is 4.78. The van der Waals surface area contributed by atoms with Crippen molar-refractivity contribution in [3.8, 4) is 0 Å². The van der Waals surface area contributed by atoms with Crippen molar-refractivity contribution < 1.29 is 22.1 Å². The molecule has 5 aromatic rings. The lowest BCUT2D eigenvalue weighted by Crippen LogP contribution is -2.51.